The van der Waals surface area contributed by atoms with Gasteiger partial charge in [0, 0.05) is 22.0 Å². The van der Waals surface area contributed by atoms with Gasteiger partial charge in [-0.1, -0.05) is 12.1 Å². The zero-order chi connectivity index (χ0) is 15.6. The van der Waals surface area contributed by atoms with Crippen LogP contribution in [0.4, 0.5) is 0 Å². The third kappa shape index (κ3) is 2.60. The molecule has 4 aromatic rings. The Kier molecular flexibility index (Phi) is 3.57. The van der Waals surface area contributed by atoms with E-state index >= 15 is 0 Å². The zero-order valence-corrected chi connectivity index (χ0v) is 13.4. The van der Waals surface area contributed by atoms with E-state index in [2.05, 4.69) is 15.1 Å². The summed E-state index contributed by atoms with van der Waals surface area (Å²) in [6.45, 7) is 0. The Balaban J connectivity index is 1.83. The van der Waals surface area contributed by atoms with Crippen LogP contribution in [0.2, 0.25) is 0 Å². The first kappa shape index (κ1) is 14.0. The first-order valence-electron chi connectivity index (χ1n) is 6.81. The minimum atomic E-state index is -0.174. The highest BCUT2D eigenvalue weighted by Crippen LogP contribution is 2.33. The third-order valence-electron chi connectivity index (χ3n) is 3.27. The van der Waals surface area contributed by atoms with Crippen molar-refractivity contribution in [2.24, 2.45) is 5.10 Å². The van der Waals surface area contributed by atoms with Gasteiger partial charge in [0.2, 0.25) is 0 Å². The summed E-state index contributed by atoms with van der Waals surface area (Å²) in [4.78, 5) is 23.0. The number of fused-ring (bicyclic) bond motifs is 1. The van der Waals surface area contributed by atoms with Crippen LogP contribution in [0.1, 0.15) is 5.69 Å². The standard InChI is InChI=1S/C16H10N4OS2/c21-16-14-12(13-5-3-7-22-13)9-23-15(14)18-10-20(16)19-8-11-4-1-2-6-17-11/h1-10H/b19-8-. The fraction of sp³-hybridized carbons (Fsp3) is 0. The summed E-state index contributed by atoms with van der Waals surface area (Å²) in [7, 11) is 0. The molecule has 0 aliphatic carbocycles. The molecule has 0 saturated carbocycles. The largest absolute Gasteiger partial charge is 0.283 e. The van der Waals surface area contributed by atoms with E-state index in [1.807, 2.05) is 41.1 Å². The molecular formula is C16H10N4OS2. The van der Waals surface area contributed by atoms with Crippen molar-refractivity contribution in [1.82, 2.24) is 14.6 Å². The Morgan fingerprint density at radius 3 is 2.87 bits per heavy atom. The van der Waals surface area contributed by atoms with Gasteiger partial charge in [0.05, 0.1) is 17.3 Å². The summed E-state index contributed by atoms with van der Waals surface area (Å²) < 4.78 is 1.25. The molecule has 4 aromatic heterocycles. The van der Waals surface area contributed by atoms with Crippen LogP contribution in [0.3, 0.4) is 0 Å². The predicted octanol–water partition coefficient (Wildman–Crippen LogP) is 3.46. The number of aromatic nitrogens is 3. The second kappa shape index (κ2) is 5.86. The molecule has 5 nitrogen and oxygen atoms in total. The number of nitrogens with zero attached hydrogens (tertiary/aromatic N) is 4. The lowest BCUT2D eigenvalue weighted by molar-refractivity contribution is 0.818. The lowest BCUT2D eigenvalue weighted by Crippen LogP contribution is -2.16. The second-order valence-electron chi connectivity index (χ2n) is 4.70. The molecule has 7 heteroatoms. The van der Waals surface area contributed by atoms with Crippen LogP contribution in [0.15, 0.2) is 63.5 Å². The van der Waals surface area contributed by atoms with Crippen LogP contribution < -0.4 is 5.56 Å². The van der Waals surface area contributed by atoms with Crippen LogP contribution in [0.25, 0.3) is 20.7 Å². The first-order valence-corrected chi connectivity index (χ1v) is 8.57. The highest BCUT2D eigenvalue weighted by atomic mass is 32.1. The Labute approximate surface area is 139 Å². The highest BCUT2D eigenvalue weighted by Gasteiger charge is 2.13. The fourth-order valence-electron chi connectivity index (χ4n) is 2.19. The van der Waals surface area contributed by atoms with Gasteiger partial charge in [0.25, 0.3) is 5.56 Å². The molecule has 112 valence electrons. The van der Waals surface area contributed by atoms with Crippen molar-refractivity contribution in [2.45, 2.75) is 0 Å². The van der Waals surface area contributed by atoms with E-state index in [9.17, 15) is 4.79 Å². The zero-order valence-electron chi connectivity index (χ0n) is 11.8. The minimum absolute atomic E-state index is 0.174. The molecule has 0 N–H and O–H groups in total. The van der Waals surface area contributed by atoms with Crippen molar-refractivity contribution in [3.63, 3.8) is 0 Å². The molecule has 0 bridgehead atoms. The molecule has 0 radical (unpaired) electrons. The van der Waals surface area contributed by atoms with Gasteiger partial charge in [0.1, 0.15) is 11.2 Å². The van der Waals surface area contributed by atoms with Crippen molar-refractivity contribution in [3.05, 3.63) is 69.7 Å². The van der Waals surface area contributed by atoms with E-state index in [0.29, 0.717) is 11.1 Å². The lowest BCUT2D eigenvalue weighted by atomic mass is 10.2. The van der Waals surface area contributed by atoms with E-state index < -0.39 is 0 Å². The molecule has 0 aromatic carbocycles. The van der Waals surface area contributed by atoms with Gasteiger partial charge in [-0.25, -0.2) is 4.98 Å². The normalized spacial score (nSPS) is 11.5. The predicted molar refractivity (Wildman–Crippen MR) is 94.4 cm³/mol. The summed E-state index contributed by atoms with van der Waals surface area (Å²) in [5.41, 5.74) is 1.43. The molecule has 4 rings (SSSR count). The van der Waals surface area contributed by atoms with Gasteiger partial charge in [-0.15, -0.1) is 22.7 Å². The van der Waals surface area contributed by atoms with Gasteiger partial charge in [0.15, 0.2) is 0 Å². The number of thiophene rings is 2. The second-order valence-corrected chi connectivity index (χ2v) is 6.51. The molecule has 4 heterocycles. The van der Waals surface area contributed by atoms with Crippen LogP contribution in [0, 0.1) is 0 Å². The van der Waals surface area contributed by atoms with Gasteiger partial charge in [-0.2, -0.15) is 9.78 Å². The molecule has 0 spiro atoms. The van der Waals surface area contributed by atoms with Crippen molar-refractivity contribution in [3.8, 4) is 10.4 Å². The number of rotatable bonds is 3. The summed E-state index contributed by atoms with van der Waals surface area (Å²) in [5.74, 6) is 0. The molecular weight excluding hydrogens is 328 g/mol. The number of pyridine rings is 1. The Morgan fingerprint density at radius 2 is 2.09 bits per heavy atom. The van der Waals surface area contributed by atoms with Crippen LogP contribution in [-0.2, 0) is 0 Å². The van der Waals surface area contributed by atoms with E-state index in [-0.39, 0.29) is 5.56 Å². The molecule has 0 saturated heterocycles. The van der Waals surface area contributed by atoms with Crippen LogP contribution in [-0.4, -0.2) is 20.9 Å². The molecule has 0 fully saturated rings. The van der Waals surface area contributed by atoms with Crippen molar-refractivity contribution in [2.75, 3.05) is 0 Å². The summed E-state index contributed by atoms with van der Waals surface area (Å²) in [5, 5.41) is 8.76. The third-order valence-corrected chi connectivity index (χ3v) is 5.06. The summed E-state index contributed by atoms with van der Waals surface area (Å²) in [6.07, 6.45) is 4.67. The maximum Gasteiger partial charge on any atom is 0.283 e. The smallest absolute Gasteiger partial charge is 0.267 e. The Bertz CT molecular complexity index is 1030. The average molecular weight is 338 g/mol. The van der Waals surface area contributed by atoms with E-state index in [0.717, 1.165) is 15.3 Å². The molecule has 0 aliphatic heterocycles. The van der Waals surface area contributed by atoms with Crippen molar-refractivity contribution < 1.29 is 0 Å². The molecule has 23 heavy (non-hydrogen) atoms. The Morgan fingerprint density at radius 1 is 1.13 bits per heavy atom. The highest BCUT2D eigenvalue weighted by molar-refractivity contribution is 7.18. The number of hydrogen-bond donors (Lipinski definition) is 0. The minimum Gasteiger partial charge on any atom is -0.267 e. The average Bonchev–Trinajstić information content (AvgIpc) is 3.24. The molecule has 0 amide bonds. The van der Waals surface area contributed by atoms with E-state index in [4.69, 9.17) is 0 Å². The first-order chi connectivity index (χ1) is 11.3. The summed E-state index contributed by atoms with van der Waals surface area (Å²) in [6, 6.07) is 9.49. The van der Waals surface area contributed by atoms with Gasteiger partial charge < -0.3 is 0 Å². The summed E-state index contributed by atoms with van der Waals surface area (Å²) >= 11 is 3.07. The van der Waals surface area contributed by atoms with Crippen LogP contribution >= 0.6 is 22.7 Å². The fourth-order valence-corrected chi connectivity index (χ4v) is 3.91. The van der Waals surface area contributed by atoms with Crippen molar-refractivity contribution in [1.29, 1.82) is 0 Å². The quantitative estimate of drug-likeness (QED) is 0.538. The molecule has 0 aliphatic rings. The van der Waals surface area contributed by atoms with E-state index in [1.54, 1.807) is 23.7 Å². The SMILES string of the molecule is O=c1c2c(-c3cccs3)csc2ncn1/N=C\c1ccccn1. The number of hydrogen-bond acceptors (Lipinski definition) is 6. The topological polar surface area (TPSA) is 60.1 Å². The molecule has 0 unspecified atom stereocenters. The van der Waals surface area contributed by atoms with Crippen molar-refractivity contribution >= 4 is 39.1 Å². The van der Waals surface area contributed by atoms with E-state index in [1.165, 1.54) is 22.3 Å². The maximum atomic E-state index is 12.7. The maximum absolute atomic E-state index is 12.7. The monoisotopic (exact) mass is 338 g/mol. The van der Waals surface area contributed by atoms with Gasteiger partial charge in [-0.05, 0) is 23.6 Å². The van der Waals surface area contributed by atoms with Gasteiger partial charge in [-0.3, -0.25) is 9.78 Å². The lowest BCUT2D eigenvalue weighted by Gasteiger charge is -1.99. The van der Waals surface area contributed by atoms with Crippen LogP contribution in [0.5, 0.6) is 0 Å². The Hall–Kier alpha value is -2.64. The van der Waals surface area contributed by atoms with Gasteiger partial charge >= 0.3 is 0 Å². The molecule has 0 atom stereocenters.